The molecular formula is C11H21NO2. The second-order valence-electron chi connectivity index (χ2n) is 4.42. The molecule has 1 N–H and O–H groups in total. The fourth-order valence-electron chi connectivity index (χ4n) is 1.24. The molecule has 0 saturated carbocycles. The number of hydrogen-bond donors (Lipinski definition) is 1. The Hall–Kier alpha value is -0.830. The first-order valence-corrected chi connectivity index (χ1v) is 4.95. The van der Waals surface area contributed by atoms with Crippen LogP contribution in [0.2, 0.25) is 0 Å². The van der Waals surface area contributed by atoms with Crippen LogP contribution in [0, 0.1) is 0 Å². The highest BCUT2D eigenvalue weighted by molar-refractivity contribution is 5.69. The summed E-state index contributed by atoms with van der Waals surface area (Å²) in [5, 5.41) is 8.74. The van der Waals surface area contributed by atoms with Crippen molar-refractivity contribution in [2.24, 2.45) is 0 Å². The molecule has 0 atom stereocenters. The van der Waals surface area contributed by atoms with E-state index in [1.54, 1.807) is 0 Å². The molecule has 0 aromatic heterocycles. The van der Waals surface area contributed by atoms with Crippen LogP contribution in [0.4, 0.5) is 0 Å². The van der Waals surface area contributed by atoms with Crippen molar-refractivity contribution in [3.63, 3.8) is 0 Å². The molecule has 14 heavy (non-hydrogen) atoms. The van der Waals surface area contributed by atoms with Gasteiger partial charge in [-0.05, 0) is 40.2 Å². The van der Waals surface area contributed by atoms with E-state index in [-0.39, 0.29) is 12.1 Å². The van der Waals surface area contributed by atoms with Crippen molar-refractivity contribution in [3.05, 3.63) is 12.7 Å². The third kappa shape index (κ3) is 5.75. The lowest BCUT2D eigenvalue weighted by atomic mass is 10.1. The maximum Gasteiger partial charge on any atom is 0.317 e. The van der Waals surface area contributed by atoms with Crippen molar-refractivity contribution >= 4 is 5.97 Å². The zero-order chi connectivity index (χ0) is 11.2. The van der Waals surface area contributed by atoms with Gasteiger partial charge in [-0.15, -0.1) is 6.58 Å². The summed E-state index contributed by atoms with van der Waals surface area (Å²) in [7, 11) is 0. The molecule has 0 aromatic rings. The highest BCUT2D eigenvalue weighted by Gasteiger charge is 2.22. The molecule has 3 nitrogen and oxygen atoms in total. The summed E-state index contributed by atoms with van der Waals surface area (Å²) in [5.41, 5.74) is -0.0838. The number of rotatable bonds is 6. The fourth-order valence-corrected chi connectivity index (χ4v) is 1.24. The van der Waals surface area contributed by atoms with Gasteiger partial charge in [0, 0.05) is 5.54 Å². The Labute approximate surface area is 86.4 Å². The molecule has 3 heteroatoms. The van der Waals surface area contributed by atoms with Crippen LogP contribution in [0.15, 0.2) is 12.7 Å². The second-order valence-corrected chi connectivity index (χ2v) is 4.42. The lowest BCUT2D eigenvalue weighted by Gasteiger charge is -2.34. The molecule has 82 valence electrons. The topological polar surface area (TPSA) is 40.5 Å². The highest BCUT2D eigenvalue weighted by atomic mass is 16.4. The monoisotopic (exact) mass is 199 g/mol. The van der Waals surface area contributed by atoms with Crippen molar-refractivity contribution in [1.29, 1.82) is 0 Å². The van der Waals surface area contributed by atoms with Gasteiger partial charge in [0.05, 0.1) is 6.54 Å². The van der Waals surface area contributed by atoms with Gasteiger partial charge in [0.2, 0.25) is 0 Å². The molecule has 0 rings (SSSR count). The van der Waals surface area contributed by atoms with Gasteiger partial charge in [-0.3, -0.25) is 9.69 Å². The van der Waals surface area contributed by atoms with Gasteiger partial charge in [0.15, 0.2) is 0 Å². The first-order valence-electron chi connectivity index (χ1n) is 4.95. The maximum atomic E-state index is 10.6. The van der Waals surface area contributed by atoms with Gasteiger partial charge in [-0.1, -0.05) is 6.08 Å². The fraction of sp³-hybridized carbons (Fsp3) is 0.727. The predicted molar refractivity (Wildman–Crippen MR) is 58.4 cm³/mol. The molecule has 0 bridgehead atoms. The number of nitrogens with zero attached hydrogens (tertiary/aromatic N) is 1. The lowest BCUT2D eigenvalue weighted by molar-refractivity contribution is -0.139. The quantitative estimate of drug-likeness (QED) is 0.526. The Bertz CT molecular complexity index is 194. The van der Waals surface area contributed by atoms with E-state index < -0.39 is 5.97 Å². The predicted octanol–water partition coefficient (Wildman–Crippen LogP) is 2.14. The SMILES string of the molecule is C=CCCCN(CC(=O)O)C(C)(C)C. The number of carbonyl (C=O) groups is 1. The maximum absolute atomic E-state index is 10.6. The average molecular weight is 199 g/mol. The molecule has 0 aliphatic rings. The van der Waals surface area contributed by atoms with Gasteiger partial charge >= 0.3 is 5.97 Å². The van der Waals surface area contributed by atoms with E-state index in [2.05, 4.69) is 6.58 Å². The zero-order valence-electron chi connectivity index (χ0n) is 9.42. The van der Waals surface area contributed by atoms with E-state index in [0.717, 1.165) is 19.4 Å². The van der Waals surface area contributed by atoms with Crippen LogP contribution in [0.1, 0.15) is 33.6 Å². The lowest BCUT2D eigenvalue weighted by Crippen LogP contribution is -2.44. The minimum atomic E-state index is -0.765. The summed E-state index contributed by atoms with van der Waals surface area (Å²) in [6, 6.07) is 0. The largest absolute Gasteiger partial charge is 0.480 e. The molecule has 0 saturated heterocycles. The number of aliphatic carboxylic acids is 1. The molecule has 0 unspecified atom stereocenters. The molecule has 0 heterocycles. The summed E-state index contributed by atoms with van der Waals surface area (Å²) >= 11 is 0. The average Bonchev–Trinajstić information content (AvgIpc) is 2.00. The van der Waals surface area contributed by atoms with E-state index in [1.165, 1.54) is 0 Å². The van der Waals surface area contributed by atoms with Crippen LogP contribution in [0.5, 0.6) is 0 Å². The number of carboxylic acids is 1. The Morgan fingerprint density at radius 2 is 2.07 bits per heavy atom. The number of carboxylic acid groups (broad SMARTS) is 1. The van der Waals surface area contributed by atoms with Crippen LogP contribution in [-0.4, -0.2) is 34.6 Å². The van der Waals surface area contributed by atoms with Crippen LogP contribution in [-0.2, 0) is 4.79 Å². The van der Waals surface area contributed by atoms with Crippen LogP contribution in [0.25, 0.3) is 0 Å². The van der Waals surface area contributed by atoms with E-state index in [9.17, 15) is 4.79 Å². The summed E-state index contributed by atoms with van der Waals surface area (Å²) in [6.07, 6.45) is 3.77. The third-order valence-electron chi connectivity index (χ3n) is 2.11. The van der Waals surface area contributed by atoms with Gasteiger partial charge in [0.25, 0.3) is 0 Å². The number of allylic oxidation sites excluding steroid dienone is 1. The van der Waals surface area contributed by atoms with E-state index in [4.69, 9.17) is 5.11 Å². The molecule has 0 fully saturated rings. The molecule has 0 amide bonds. The standard InChI is InChI=1S/C11H21NO2/c1-5-6-7-8-12(9-10(13)14)11(2,3)4/h5H,1,6-9H2,2-4H3,(H,13,14). The summed E-state index contributed by atoms with van der Waals surface area (Å²) in [5.74, 6) is -0.765. The van der Waals surface area contributed by atoms with Crippen LogP contribution in [0.3, 0.4) is 0 Å². The van der Waals surface area contributed by atoms with E-state index in [0.29, 0.717) is 0 Å². The molecule has 0 spiro atoms. The summed E-state index contributed by atoms with van der Waals surface area (Å²) in [4.78, 5) is 12.6. The summed E-state index contributed by atoms with van der Waals surface area (Å²) < 4.78 is 0. The van der Waals surface area contributed by atoms with E-state index in [1.807, 2.05) is 31.7 Å². The third-order valence-corrected chi connectivity index (χ3v) is 2.11. The Morgan fingerprint density at radius 3 is 2.43 bits per heavy atom. The minimum absolute atomic E-state index is 0.0838. The first kappa shape index (κ1) is 13.2. The molecule has 0 aliphatic heterocycles. The zero-order valence-corrected chi connectivity index (χ0v) is 9.42. The number of unbranched alkanes of at least 4 members (excludes halogenated alkanes) is 1. The molecule has 0 aliphatic carbocycles. The van der Waals surface area contributed by atoms with Gasteiger partial charge < -0.3 is 5.11 Å². The van der Waals surface area contributed by atoms with Gasteiger partial charge in [-0.2, -0.15) is 0 Å². The first-order chi connectivity index (χ1) is 6.38. The summed E-state index contributed by atoms with van der Waals surface area (Å²) in [6.45, 7) is 10.7. The van der Waals surface area contributed by atoms with Crippen molar-refractivity contribution in [2.45, 2.75) is 39.2 Å². The second kappa shape index (κ2) is 5.81. The smallest absolute Gasteiger partial charge is 0.317 e. The van der Waals surface area contributed by atoms with Crippen molar-refractivity contribution in [2.75, 3.05) is 13.1 Å². The minimum Gasteiger partial charge on any atom is -0.480 e. The highest BCUT2D eigenvalue weighted by Crippen LogP contribution is 2.13. The van der Waals surface area contributed by atoms with Crippen LogP contribution >= 0.6 is 0 Å². The Morgan fingerprint density at radius 1 is 1.50 bits per heavy atom. The normalized spacial score (nSPS) is 11.7. The molecule has 0 aromatic carbocycles. The van der Waals surface area contributed by atoms with Crippen LogP contribution < -0.4 is 0 Å². The molecular weight excluding hydrogens is 178 g/mol. The Kier molecular flexibility index (Phi) is 5.46. The van der Waals surface area contributed by atoms with Gasteiger partial charge in [0.1, 0.15) is 0 Å². The van der Waals surface area contributed by atoms with Gasteiger partial charge in [-0.25, -0.2) is 0 Å². The Balaban J connectivity index is 4.11. The van der Waals surface area contributed by atoms with Crippen molar-refractivity contribution in [3.8, 4) is 0 Å². The number of hydrogen-bond acceptors (Lipinski definition) is 2. The van der Waals surface area contributed by atoms with Crippen molar-refractivity contribution in [1.82, 2.24) is 4.90 Å². The molecule has 0 radical (unpaired) electrons. The van der Waals surface area contributed by atoms with Crippen molar-refractivity contribution < 1.29 is 9.90 Å². The van der Waals surface area contributed by atoms with E-state index >= 15 is 0 Å².